The van der Waals surface area contributed by atoms with Crippen molar-refractivity contribution in [1.82, 2.24) is 4.98 Å². The normalized spacial score (nSPS) is 17.9. The number of nitrogens with zero attached hydrogens (tertiary/aromatic N) is 2. The van der Waals surface area contributed by atoms with Gasteiger partial charge in [0.05, 0.1) is 15.6 Å². The Kier molecular flexibility index (Phi) is 4.93. The van der Waals surface area contributed by atoms with Gasteiger partial charge in [0.2, 0.25) is 0 Å². The first kappa shape index (κ1) is 15.6. The smallest absolute Gasteiger partial charge is 0.161 e. The summed E-state index contributed by atoms with van der Waals surface area (Å²) in [6.07, 6.45) is 1.18. The molecule has 112 valence electrons. The van der Waals surface area contributed by atoms with E-state index in [1.165, 1.54) is 0 Å². The van der Waals surface area contributed by atoms with Gasteiger partial charge in [-0.15, -0.1) is 0 Å². The Morgan fingerprint density at radius 3 is 2.70 bits per heavy atom. The fraction of sp³-hybridized carbons (Fsp3) is 0.583. The molecule has 1 aromatic rings. The van der Waals surface area contributed by atoms with Gasteiger partial charge in [0.1, 0.15) is 5.82 Å². The number of hydrogen-bond acceptors (Lipinski definition) is 6. The van der Waals surface area contributed by atoms with E-state index in [1.807, 2.05) is 7.05 Å². The number of hydrazine groups is 1. The van der Waals surface area contributed by atoms with E-state index in [-0.39, 0.29) is 0 Å². The summed E-state index contributed by atoms with van der Waals surface area (Å²) in [5.41, 5.74) is 1.62. The maximum atomic E-state index is 10.5. The fourth-order valence-corrected chi connectivity index (χ4v) is 2.81. The van der Waals surface area contributed by atoms with Crippen molar-refractivity contribution in [2.45, 2.75) is 18.4 Å². The molecule has 0 aromatic carbocycles. The van der Waals surface area contributed by atoms with Crippen LogP contribution in [0.5, 0.6) is 0 Å². The van der Waals surface area contributed by atoms with Crippen molar-refractivity contribution in [3.8, 4) is 0 Å². The zero-order valence-corrected chi connectivity index (χ0v) is 12.7. The second-order valence-corrected chi connectivity index (χ2v) is 5.78. The summed E-state index contributed by atoms with van der Waals surface area (Å²) in [7, 11) is 1.82. The van der Waals surface area contributed by atoms with Crippen molar-refractivity contribution in [3.63, 3.8) is 0 Å². The molecule has 8 heteroatoms. The van der Waals surface area contributed by atoms with Gasteiger partial charge in [-0.25, -0.2) is 10.8 Å². The second kappa shape index (κ2) is 6.32. The minimum atomic E-state index is -0.798. The minimum absolute atomic E-state index is 0.344. The average molecular weight is 321 g/mol. The SMILES string of the molecule is CN(CC1(O)CCOCC1)c1nc(NN)c(Cl)cc1Cl. The molecule has 4 N–H and O–H groups in total. The van der Waals surface area contributed by atoms with Crippen LogP contribution in [0, 0.1) is 0 Å². The molecule has 1 fully saturated rings. The molecule has 1 aromatic heterocycles. The molecule has 0 aliphatic carbocycles. The highest BCUT2D eigenvalue weighted by molar-refractivity contribution is 6.37. The molecule has 0 spiro atoms. The van der Waals surface area contributed by atoms with Crippen LogP contribution in [0.15, 0.2) is 6.07 Å². The quantitative estimate of drug-likeness (QED) is 0.578. The molecule has 6 nitrogen and oxygen atoms in total. The van der Waals surface area contributed by atoms with Gasteiger partial charge in [-0.05, 0) is 6.07 Å². The molecule has 2 rings (SSSR count). The van der Waals surface area contributed by atoms with E-state index in [0.717, 1.165) is 0 Å². The van der Waals surface area contributed by atoms with Gasteiger partial charge in [-0.2, -0.15) is 0 Å². The number of aliphatic hydroxyl groups is 1. The summed E-state index contributed by atoms with van der Waals surface area (Å²) in [6.45, 7) is 1.53. The lowest BCUT2D eigenvalue weighted by Gasteiger charge is -2.36. The summed E-state index contributed by atoms with van der Waals surface area (Å²) < 4.78 is 5.26. The number of halogens is 2. The number of anilines is 2. The Morgan fingerprint density at radius 2 is 2.10 bits per heavy atom. The van der Waals surface area contributed by atoms with Crippen molar-refractivity contribution in [3.05, 3.63) is 16.1 Å². The molecule has 0 atom stereocenters. The number of nitrogens with two attached hydrogens (primary N) is 1. The summed E-state index contributed by atoms with van der Waals surface area (Å²) >= 11 is 12.1. The molecule has 0 unspecified atom stereocenters. The lowest BCUT2D eigenvalue weighted by Crippen LogP contribution is -2.46. The third-order valence-electron chi connectivity index (χ3n) is 3.36. The topological polar surface area (TPSA) is 83.6 Å². The zero-order valence-electron chi connectivity index (χ0n) is 11.2. The Bertz CT molecular complexity index is 481. The standard InChI is InChI=1S/C12H18Cl2N4O2/c1-18(7-12(19)2-4-20-5-3-12)11-9(14)6-8(13)10(16-11)17-15/h6,19H,2-5,7,15H2,1H3,(H,16,17). The second-order valence-electron chi connectivity index (χ2n) is 4.96. The summed E-state index contributed by atoms with van der Waals surface area (Å²) in [5.74, 6) is 6.22. The largest absolute Gasteiger partial charge is 0.388 e. The van der Waals surface area contributed by atoms with Gasteiger partial charge in [0.25, 0.3) is 0 Å². The van der Waals surface area contributed by atoms with Crippen molar-refractivity contribution in [2.24, 2.45) is 5.84 Å². The van der Waals surface area contributed by atoms with Gasteiger partial charge in [-0.3, -0.25) is 0 Å². The fourth-order valence-electron chi connectivity index (χ4n) is 2.25. The van der Waals surface area contributed by atoms with Crippen LogP contribution in [-0.4, -0.2) is 42.5 Å². The molecule has 1 saturated heterocycles. The molecule has 0 bridgehead atoms. The first-order valence-electron chi connectivity index (χ1n) is 6.29. The number of rotatable bonds is 4. The van der Waals surface area contributed by atoms with E-state index in [9.17, 15) is 5.11 Å². The van der Waals surface area contributed by atoms with E-state index in [2.05, 4.69) is 10.4 Å². The third-order valence-corrected chi connectivity index (χ3v) is 3.93. The lowest BCUT2D eigenvalue weighted by atomic mass is 9.94. The molecule has 1 aliphatic rings. The molecule has 0 amide bonds. The van der Waals surface area contributed by atoms with Gasteiger partial charge in [0.15, 0.2) is 5.82 Å². The van der Waals surface area contributed by atoms with E-state index in [4.69, 9.17) is 33.8 Å². The average Bonchev–Trinajstić information content (AvgIpc) is 2.39. The number of ether oxygens (including phenoxy) is 1. The molecule has 0 radical (unpaired) electrons. The van der Waals surface area contributed by atoms with Crippen LogP contribution in [0.2, 0.25) is 10.0 Å². The van der Waals surface area contributed by atoms with Crippen LogP contribution in [0.25, 0.3) is 0 Å². The van der Waals surface area contributed by atoms with Gasteiger partial charge in [-0.1, -0.05) is 23.2 Å². The first-order chi connectivity index (χ1) is 9.45. The molecular weight excluding hydrogens is 303 g/mol. The van der Waals surface area contributed by atoms with Crippen LogP contribution in [0.1, 0.15) is 12.8 Å². The number of nitrogen functional groups attached to an aromatic ring is 1. The van der Waals surface area contributed by atoms with E-state index in [1.54, 1.807) is 11.0 Å². The van der Waals surface area contributed by atoms with Crippen LogP contribution in [0.4, 0.5) is 11.6 Å². The van der Waals surface area contributed by atoms with Gasteiger partial charge >= 0.3 is 0 Å². The molecule has 0 saturated carbocycles. The van der Waals surface area contributed by atoms with Gasteiger partial charge in [0, 0.05) is 39.6 Å². The maximum Gasteiger partial charge on any atom is 0.161 e. The van der Waals surface area contributed by atoms with E-state index < -0.39 is 5.60 Å². The monoisotopic (exact) mass is 320 g/mol. The number of likely N-dealkylation sites (N-methyl/N-ethyl adjacent to an activating group) is 1. The van der Waals surface area contributed by atoms with Crippen molar-refractivity contribution in [1.29, 1.82) is 0 Å². The van der Waals surface area contributed by atoms with Crippen LogP contribution in [0.3, 0.4) is 0 Å². The highest BCUT2D eigenvalue weighted by Gasteiger charge is 2.32. The number of hydrogen-bond donors (Lipinski definition) is 3. The van der Waals surface area contributed by atoms with Crippen molar-refractivity contribution >= 4 is 34.8 Å². The maximum absolute atomic E-state index is 10.5. The van der Waals surface area contributed by atoms with Crippen molar-refractivity contribution < 1.29 is 9.84 Å². The lowest BCUT2D eigenvalue weighted by molar-refractivity contribution is -0.0573. The van der Waals surface area contributed by atoms with E-state index in [0.29, 0.717) is 54.3 Å². The number of pyridine rings is 1. The predicted molar refractivity (Wildman–Crippen MR) is 80.3 cm³/mol. The highest BCUT2D eigenvalue weighted by Crippen LogP contribution is 2.32. The van der Waals surface area contributed by atoms with Crippen LogP contribution < -0.4 is 16.2 Å². The summed E-state index contributed by atoms with van der Waals surface area (Å²) in [5, 5.41) is 11.3. The van der Waals surface area contributed by atoms with Crippen molar-refractivity contribution in [2.75, 3.05) is 37.1 Å². The van der Waals surface area contributed by atoms with Crippen LogP contribution >= 0.6 is 23.2 Å². The minimum Gasteiger partial charge on any atom is -0.388 e. The number of nitrogens with one attached hydrogen (secondary N) is 1. The third kappa shape index (κ3) is 3.45. The summed E-state index contributed by atoms with van der Waals surface area (Å²) in [6, 6.07) is 1.57. The van der Waals surface area contributed by atoms with Crippen LogP contribution in [-0.2, 0) is 4.74 Å². The Balaban J connectivity index is 2.18. The van der Waals surface area contributed by atoms with Gasteiger partial charge < -0.3 is 20.2 Å². The molecule has 2 heterocycles. The summed E-state index contributed by atoms with van der Waals surface area (Å²) in [4.78, 5) is 6.07. The zero-order chi connectivity index (χ0) is 14.8. The molecule has 20 heavy (non-hydrogen) atoms. The highest BCUT2D eigenvalue weighted by atomic mass is 35.5. The molecule has 1 aliphatic heterocycles. The first-order valence-corrected chi connectivity index (χ1v) is 7.05. The molecular formula is C12H18Cl2N4O2. The number of aromatic nitrogens is 1. The Morgan fingerprint density at radius 1 is 1.45 bits per heavy atom. The predicted octanol–water partition coefficient (Wildman–Crippen LogP) is 1.65. The Labute approximate surface area is 127 Å². The van der Waals surface area contributed by atoms with E-state index >= 15 is 0 Å². The Hall–Kier alpha value is -0.790.